The van der Waals surface area contributed by atoms with E-state index in [9.17, 15) is 4.79 Å². The van der Waals surface area contributed by atoms with Crippen molar-refractivity contribution in [3.8, 4) is 11.5 Å². The van der Waals surface area contributed by atoms with E-state index >= 15 is 0 Å². The fraction of sp³-hybridized carbons (Fsp3) is 0.125. The second kappa shape index (κ2) is 7.47. The first-order valence-electron chi connectivity index (χ1n) is 6.44. The fourth-order valence-electron chi connectivity index (χ4n) is 1.76. The maximum Gasteiger partial charge on any atom is 0.248 e. The van der Waals surface area contributed by atoms with E-state index < -0.39 is 0 Å². The molecule has 22 heavy (non-hydrogen) atoms. The van der Waals surface area contributed by atoms with Gasteiger partial charge in [0.25, 0.3) is 0 Å². The van der Waals surface area contributed by atoms with Crippen molar-refractivity contribution in [3.63, 3.8) is 0 Å². The number of carbonyl (C=O) groups excluding carboxylic acids is 1. The van der Waals surface area contributed by atoms with Gasteiger partial charge in [-0.3, -0.25) is 4.79 Å². The molecule has 0 atom stereocenters. The summed E-state index contributed by atoms with van der Waals surface area (Å²) in [5.74, 6) is 1.03. The predicted octanol–water partition coefficient (Wildman–Crippen LogP) is 3.40. The average molecular weight is 319 g/mol. The molecule has 1 aromatic heterocycles. The lowest BCUT2D eigenvalue weighted by Crippen LogP contribution is -2.07. The molecule has 0 aliphatic carbocycles. The van der Waals surface area contributed by atoms with Crippen LogP contribution in [0.25, 0.3) is 6.08 Å². The quantitative estimate of drug-likeness (QED) is 0.678. The number of carbonyl (C=O) groups is 1. The number of amides is 1. The number of hydrogen-bond donors (Lipinski definition) is 1. The van der Waals surface area contributed by atoms with Gasteiger partial charge in [0, 0.05) is 24.0 Å². The molecule has 0 spiro atoms. The summed E-state index contributed by atoms with van der Waals surface area (Å²) in [6.45, 7) is 0. The number of anilines is 1. The first kappa shape index (κ1) is 15.9. The SMILES string of the molecule is COc1cc(/C=C\C(=O)Nc2ccnc(Cl)c2)cc(OC)c1. The normalized spacial score (nSPS) is 10.5. The molecule has 114 valence electrons. The summed E-state index contributed by atoms with van der Waals surface area (Å²) in [6, 6.07) is 8.59. The minimum Gasteiger partial charge on any atom is -0.497 e. The van der Waals surface area contributed by atoms with Crippen LogP contribution in [0.5, 0.6) is 11.5 Å². The minimum absolute atomic E-state index is 0.274. The minimum atomic E-state index is -0.274. The van der Waals surface area contributed by atoms with Crippen LogP contribution in [0.2, 0.25) is 5.15 Å². The number of hydrogen-bond acceptors (Lipinski definition) is 4. The number of pyridine rings is 1. The third-order valence-electron chi connectivity index (χ3n) is 2.80. The topological polar surface area (TPSA) is 60.5 Å². The third kappa shape index (κ3) is 4.49. The van der Waals surface area contributed by atoms with Gasteiger partial charge in [-0.25, -0.2) is 4.98 Å². The molecule has 0 unspecified atom stereocenters. The molecule has 1 heterocycles. The average Bonchev–Trinajstić information content (AvgIpc) is 2.52. The molecular formula is C16H15ClN2O3. The zero-order valence-corrected chi connectivity index (χ0v) is 12.9. The van der Waals surface area contributed by atoms with Crippen molar-refractivity contribution < 1.29 is 14.3 Å². The van der Waals surface area contributed by atoms with E-state index in [1.54, 1.807) is 50.6 Å². The molecule has 6 heteroatoms. The Morgan fingerprint density at radius 3 is 2.45 bits per heavy atom. The van der Waals surface area contributed by atoms with E-state index in [0.29, 0.717) is 22.3 Å². The summed E-state index contributed by atoms with van der Waals surface area (Å²) in [5.41, 5.74) is 1.37. The van der Waals surface area contributed by atoms with Gasteiger partial charge in [-0.2, -0.15) is 0 Å². The Morgan fingerprint density at radius 1 is 1.18 bits per heavy atom. The van der Waals surface area contributed by atoms with E-state index in [1.165, 1.54) is 12.3 Å². The maximum absolute atomic E-state index is 11.9. The molecule has 0 bridgehead atoms. The van der Waals surface area contributed by atoms with Crippen LogP contribution in [-0.2, 0) is 4.79 Å². The molecule has 1 amide bonds. The smallest absolute Gasteiger partial charge is 0.248 e. The molecular weight excluding hydrogens is 304 g/mol. The number of nitrogens with one attached hydrogen (secondary N) is 1. The summed E-state index contributed by atoms with van der Waals surface area (Å²) in [4.78, 5) is 15.7. The lowest BCUT2D eigenvalue weighted by molar-refractivity contribution is -0.111. The predicted molar refractivity (Wildman–Crippen MR) is 86.5 cm³/mol. The van der Waals surface area contributed by atoms with Gasteiger partial charge >= 0.3 is 0 Å². The largest absolute Gasteiger partial charge is 0.497 e. The molecule has 2 aromatic rings. The molecule has 0 fully saturated rings. The van der Waals surface area contributed by atoms with Gasteiger partial charge in [-0.15, -0.1) is 0 Å². The van der Waals surface area contributed by atoms with Crippen molar-refractivity contribution in [3.05, 3.63) is 53.3 Å². The van der Waals surface area contributed by atoms with Crippen LogP contribution in [0.1, 0.15) is 5.56 Å². The zero-order valence-electron chi connectivity index (χ0n) is 12.2. The number of nitrogens with zero attached hydrogens (tertiary/aromatic N) is 1. The van der Waals surface area contributed by atoms with Gasteiger partial charge in [0.15, 0.2) is 0 Å². The van der Waals surface area contributed by atoms with Crippen LogP contribution in [-0.4, -0.2) is 25.1 Å². The van der Waals surface area contributed by atoms with Gasteiger partial charge in [0.1, 0.15) is 16.7 Å². The number of methoxy groups -OCH3 is 2. The molecule has 0 saturated carbocycles. The standard InChI is InChI=1S/C16H15ClN2O3/c1-21-13-7-11(8-14(10-13)22-2)3-4-16(20)19-12-5-6-18-15(17)9-12/h3-10H,1-2H3,(H,18,19,20)/b4-3-. The first-order valence-corrected chi connectivity index (χ1v) is 6.82. The van der Waals surface area contributed by atoms with Crippen LogP contribution in [0, 0.1) is 0 Å². The molecule has 0 saturated heterocycles. The molecule has 2 rings (SSSR count). The Morgan fingerprint density at radius 2 is 1.86 bits per heavy atom. The third-order valence-corrected chi connectivity index (χ3v) is 3.00. The second-order valence-electron chi connectivity index (χ2n) is 4.34. The molecule has 1 N–H and O–H groups in total. The van der Waals surface area contributed by atoms with Crippen LogP contribution in [0.3, 0.4) is 0 Å². The first-order chi connectivity index (χ1) is 10.6. The Hall–Kier alpha value is -2.53. The highest BCUT2D eigenvalue weighted by Crippen LogP contribution is 2.23. The van der Waals surface area contributed by atoms with E-state index in [1.807, 2.05) is 0 Å². The van der Waals surface area contributed by atoms with Crippen molar-refractivity contribution in [1.82, 2.24) is 4.98 Å². The lowest BCUT2D eigenvalue weighted by atomic mass is 10.2. The van der Waals surface area contributed by atoms with Gasteiger partial charge in [-0.05, 0) is 35.9 Å². The zero-order chi connectivity index (χ0) is 15.9. The number of benzene rings is 1. The Labute approximate surface area is 133 Å². The Kier molecular flexibility index (Phi) is 5.38. The van der Waals surface area contributed by atoms with Gasteiger partial charge < -0.3 is 14.8 Å². The van der Waals surface area contributed by atoms with Crippen LogP contribution < -0.4 is 14.8 Å². The summed E-state index contributed by atoms with van der Waals surface area (Å²) >= 11 is 5.76. The highest BCUT2D eigenvalue weighted by Gasteiger charge is 2.02. The van der Waals surface area contributed by atoms with Crippen molar-refractivity contribution >= 4 is 29.3 Å². The number of rotatable bonds is 5. The molecule has 1 aromatic carbocycles. The van der Waals surface area contributed by atoms with E-state index in [2.05, 4.69) is 10.3 Å². The molecule has 0 aliphatic rings. The second-order valence-corrected chi connectivity index (χ2v) is 4.72. The van der Waals surface area contributed by atoms with Gasteiger partial charge in [0.05, 0.1) is 14.2 Å². The monoisotopic (exact) mass is 318 g/mol. The van der Waals surface area contributed by atoms with Crippen LogP contribution in [0.15, 0.2) is 42.6 Å². The Bertz CT molecular complexity index is 679. The molecule has 0 radical (unpaired) electrons. The number of aromatic nitrogens is 1. The van der Waals surface area contributed by atoms with Crippen LogP contribution in [0.4, 0.5) is 5.69 Å². The van der Waals surface area contributed by atoms with Crippen molar-refractivity contribution in [2.45, 2.75) is 0 Å². The van der Waals surface area contributed by atoms with Gasteiger partial charge in [0.2, 0.25) is 5.91 Å². The van der Waals surface area contributed by atoms with Crippen molar-refractivity contribution in [2.24, 2.45) is 0 Å². The van der Waals surface area contributed by atoms with Crippen molar-refractivity contribution in [2.75, 3.05) is 19.5 Å². The summed E-state index contributed by atoms with van der Waals surface area (Å²) < 4.78 is 10.4. The summed E-state index contributed by atoms with van der Waals surface area (Å²) in [7, 11) is 3.14. The van der Waals surface area contributed by atoms with E-state index in [4.69, 9.17) is 21.1 Å². The summed E-state index contributed by atoms with van der Waals surface area (Å²) in [5, 5.41) is 3.02. The highest BCUT2D eigenvalue weighted by atomic mass is 35.5. The van der Waals surface area contributed by atoms with Gasteiger partial charge in [-0.1, -0.05) is 11.6 Å². The molecule has 0 aliphatic heterocycles. The number of halogens is 1. The van der Waals surface area contributed by atoms with Crippen LogP contribution >= 0.6 is 11.6 Å². The maximum atomic E-state index is 11.9. The van der Waals surface area contributed by atoms with E-state index in [-0.39, 0.29) is 5.91 Å². The Balaban J connectivity index is 2.09. The lowest BCUT2D eigenvalue weighted by Gasteiger charge is -2.06. The summed E-state index contributed by atoms with van der Waals surface area (Å²) in [6.07, 6.45) is 4.61. The fourth-order valence-corrected chi connectivity index (χ4v) is 1.94. The number of ether oxygens (including phenoxy) is 2. The van der Waals surface area contributed by atoms with E-state index in [0.717, 1.165) is 5.56 Å². The molecule has 5 nitrogen and oxygen atoms in total. The highest BCUT2D eigenvalue weighted by molar-refractivity contribution is 6.29. The van der Waals surface area contributed by atoms with Crippen molar-refractivity contribution in [1.29, 1.82) is 0 Å².